The van der Waals surface area contributed by atoms with E-state index in [9.17, 15) is 9.59 Å². The SMILES string of the molecule is C/C=C\C(C=O)C(C)C.CC1CCCN1C.CC=O.CCOC.CSON1C(C)=C1c1ccc(CNC=O)cc1. The minimum atomic E-state index is 0.106. The first-order valence-corrected chi connectivity index (χ1v) is 14.9. The van der Waals surface area contributed by atoms with E-state index in [4.69, 9.17) is 9.08 Å². The summed E-state index contributed by atoms with van der Waals surface area (Å²) in [5.41, 5.74) is 4.47. The number of carbonyl (C=O) groups excluding carboxylic acids is 3. The quantitative estimate of drug-likeness (QED) is 0.201. The van der Waals surface area contributed by atoms with E-state index in [2.05, 4.69) is 28.9 Å². The van der Waals surface area contributed by atoms with E-state index in [1.807, 2.05) is 82.4 Å². The highest BCUT2D eigenvalue weighted by atomic mass is 32.2. The first-order chi connectivity index (χ1) is 19.1. The van der Waals surface area contributed by atoms with Gasteiger partial charge in [-0.2, -0.15) is 4.28 Å². The molecular weight excluding hydrogens is 526 g/mol. The Labute approximate surface area is 247 Å². The van der Waals surface area contributed by atoms with Crippen molar-refractivity contribution in [3.8, 4) is 0 Å². The summed E-state index contributed by atoms with van der Waals surface area (Å²) in [6.07, 6.45) is 11.0. The van der Waals surface area contributed by atoms with Gasteiger partial charge in [0.1, 0.15) is 12.6 Å². The minimum absolute atomic E-state index is 0.106. The van der Waals surface area contributed by atoms with Crippen LogP contribution in [0, 0.1) is 11.8 Å². The van der Waals surface area contributed by atoms with Crippen LogP contribution < -0.4 is 5.32 Å². The summed E-state index contributed by atoms with van der Waals surface area (Å²) >= 11 is 1.32. The average molecular weight is 580 g/mol. The molecule has 1 aromatic rings. The lowest BCUT2D eigenvalue weighted by Gasteiger charge is -2.12. The lowest BCUT2D eigenvalue weighted by molar-refractivity contribution is -0.111. The predicted molar refractivity (Wildman–Crippen MR) is 168 cm³/mol. The van der Waals surface area contributed by atoms with Crippen LogP contribution >= 0.6 is 12.0 Å². The molecule has 40 heavy (non-hydrogen) atoms. The molecule has 2 aliphatic heterocycles. The molecule has 0 radical (unpaired) electrons. The monoisotopic (exact) mass is 579 g/mol. The van der Waals surface area contributed by atoms with E-state index >= 15 is 0 Å². The van der Waals surface area contributed by atoms with Crippen LogP contribution in [0.4, 0.5) is 0 Å². The number of methoxy groups -OCH3 is 1. The van der Waals surface area contributed by atoms with E-state index < -0.39 is 0 Å². The summed E-state index contributed by atoms with van der Waals surface area (Å²) in [4.78, 5) is 31.7. The van der Waals surface area contributed by atoms with Crippen LogP contribution in [-0.2, 0) is 29.9 Å². The van der Waals surface area contributed by atoms with Crippen LogP contribution in [0.2, 0.25) is 0 Å². The Kier molecular flexibility index (Phi) is 25.3. The number of likely N-dealkylation sites (tertiary alicyclic amines) is 1. The Morgan fingerprint density at radius 2 is 1.73 bits per heavy atom. The van der Waals surface area contributed by atoms with Crippen molar-refractivity contribution in [3.63, 3.8) is 0 Å². The van der Waals surface area contributed by atoms with Crippen molar-refractivity contribution in [2.24, 2.45) is 11.8 Å². The van der Waals surface area contributed by atoms with E-state index in [0.29, 0.717) is 18.9 Å². The zero-order valence-corrected chi connectivity index (χ0v) is 27.1. The summed E-state index contributed by atoms with van der Waals surface area (Å²) in [6, 6.07) is 8.91. The van der Waals surface area contributed by atoms with Crippen molar-refractivity contribution in [1.82, 2.24) is 15.3 Å². The van der Waals surface area contributed by atoms with Gasteiger partial charge in [0.2, 0.25) is 6.41 Å². The molecule has 2 atom stereocenters. The predicted octanol–water partition coefficient (Wildman–Crippen LogP) is 6.14. The van der Waals surface area contributed by atoms with Crippen LogP contribution in [0.15, 0.2) is 42.1 Å². The van der Waals surface area contributed by atoms with Crippen LogP contribution in [0.25, 0.3) is 5.70 Å². The summed E-state index contributed by atoms with van der Waals surface area (Å²) in [5, 5.41) is 4.44. The van der Waals surface area contributed by atoms with E-state index in [1.165, 1.54) is 38.4 Å². The third-order valence-corrected chi connectivity index (χ3v) is 6.38. The molecule has 0 saturated carbocycles. The smallest absolute Gasteiger partial charge is 0.207 e. The fourth-order valence-corrected chi connectivity index (χ4v) is 3.72. The molecule has 9 heteroatoms. The molecule has 1 aromatic carbocycles. The molecule has 2 aliphatic rings. The summed E-state index contributed by atoms with van der Waals surface area (Å²) in [6.45, 7) is 16.4. The van der Waals surface area contributed by atoms with Gasteiger partial charge in [-0.15, -0.1) is 0 Å². The number of amides is 1. The number of hydrogen-bond acceptors (Lipinski definition) is 8. The summed E-state index contributed by atoms with van der Waals surface area (Å²) in [5.74, 6) is 0.536. The zero-order valence-electron chi connectivity index (χ0n) is 26.3. The van der Waals surface area contributed by atoms with Crippen LogP contribution in [0.1, 0.15) is 72.4 Å². The lowest BCUT2D eigenvalue weighted by Crippen LogP contribution is -2.20. The molecule has 1 N–H and O–H groups in total. The van der Waals surface area contributed by atoms with Gasteiger partial charge in [-0.1, -0.05) is 50.3 Å². The molecule has 0 aliphatic carbocycles. The Bertz CT molecular complexity index is 849. The van der Waals surface area contributed by atoms with Gasteiger partial charge in [0, 0.05) is 56.1 Å². The maximum atomic E-state index is 10.3. The highest BCUT2D eigenvalue weighted by Gasteiger charge is 2.32. The zero-order chi connectivity index (χ0) is 30.9. The van der Waals surface area contributed by atoms with Gasteiger partial charge < -0.3 is 24.5 Å². The van der Waals surface area contributed by atoms with Gasteiger partial charge in [-0.05, 0) is 72.5 Å². The van der Waals surface area contributed by atoms with E-state index in [-0.39, 0.29) is 5.92 Å². The number of allylic oxidation sites excluding steroid dienone is 3. The van der Waals surface area contributed by atoms with Crippen molar-refractivity contribution in [1.29, 1.82) is 0 Å². The van der Waals surface area contributed by atoms with Crippen molar-refractivity contribution < 1.29 is 23.4 Å². The Morgan fingerprint density at radius 3 is 2.02 bits per heavy atom. The second-order valence-corrected chi connectivity index (χ2v) is 9.92. The molecule has 0 aromatic heterocycles. The molecule has 2 unspecified atom stereocenters. The van der Waals surface area contributed by atoms with Crippen LogP contribution in [0.5, 0.6) is 0 Å². The lowest BCUT2D eigenvalue weighted by atomic mass is 9.97. The number of rotatable bonds is 10. The van der Waals surface area contributed by atoms with Crippen molar-refractivity contribution in [2.45, 2.75) is 73.9 Å². The normalized spacial score (nSPS) is 16.3. The maximum Gasteiger partial charge on any atom is 0.207 e. The average Bonchev–Trinajstić information content (AvgIpc) is 3.43. The van der Waals surface area contributed by atoms with Gasteiger partial charge in [0.05, 0.1) is 11.4 Å². The summed E-state index contributed by atoms with van der Waals surface area (Å²) < 4.78 is 9.89. The Hall–Kier alpha value is -2.46. The number of aldehydes is 2. The molecule has 3 rings (SSSR count). The van der Waals surface area contributed by atoms with Crippen molar-refractivity contribution >= 4 is 36.7 Å². The third kappa shape index (κ3) is 18.0. The van der Waals surface area contributed by atoms with Crippen molar-refractivity contribution in [2.75, 3.05) is 33.6 Å². The molecule has 1 fully saturated rings. The number of ether oxygens (including phenoxy) is 1. The highest BCUT2D eigenvalue weighted by molar-refractivity contribution is 7.93. The summed E-state index contributed by atoms with van der Waals surface area (Å²) in [7, 11) is 3.87. The number of nitrogens with zero attached hydrogens (tertiary/aromatic N) is 2. The highest BCUT2D eigenvalue weighted by Crippen LogP contribution is 2.41. The molecule has 8 nitrogen and oxygen atoms in total. The minimum Gasteiger partial charge on any atom is -0.385 e. The first kappa shape index (κ1) is 39.7. The molecule has 2 heterocycles. The fourth-order valence-electron chi connectivity index (χ4n) is 3.39. The van der Waals surface area contributed by atoms with Gasteiger partial charge in [0.25, 0.3) is 0 Å². The topological polar surface area (TPSA) is 87.9 Å². The van der Waals surface area contributed by atoms with E-state index in [0.717, 1.165) is 47.7 Å². The molecule has 0 spiro atoms. The van der Waals surface area contributed by atoms with Crippen molar-refractivity contribution in [3.05, 3.63) is 53.2 Å². The second kappa shape index (κ2) is 25.5. The molecule has 1 amide bonds. The van der Waals surface area contributed by atoms with Gasteiger partial charge in [0.15, 0.2) is 0 Å². The molecular formula is C31H53N3O5S. The maximum absolute atomic E-state index is 10.3. The Morgan fingerprint density at radius 1 is 1.15 bits per heavy atom. The van der Waals surface area contributed by atoms with Gasteiger partial charge >= 0.3 is 0 Å². The van der Waals surface area contributed by atoms with Crippen LogP contribution in [0.3, 0.4) is 0 Å². The molecule has 1 saturated heterocycles. The number of benzene rings is 1. The molecule has 228 valence electrons. The number of nitrogens with one attached hydrogen (secondary N) is 1. The first-order valence-electron chi connectivity index (χ1n) is 13.8. The Balaban J connectivity index is 0. The van der Waals surface area contributed by atoms with Gasteiger partial charge in [-0.3, -0.25) is 4.79 Å². The third-order valence-electron chi connectivity index (χ3n) is 6.08. The van der Waals surface area contributed by atoms with Gasteiger partial charge in [-0.25, -0.2) is 5.06 Å². The standard InChI is InChI=1S/C12H14N2O2S.C8H14O.C6H13N.C3H8O.C2H4O/c1-9-12(14(9)16-17-2)11-5-3-10(4-6-11)7-13-8-15;1-4-5-8(6-9)7(2)3;1-6-4-3-5-7(6)2;1-3-4-2;1-2-3/h3-6,8H,7H2,1-2H3,(H,13,15);4-8H,1-3H3;6H,3-5H2,1-2H3;3H2,1-2H3;2H,1H3/b;5-4-;;;. The number of hydrogen-bond donors (Lipinski definition) is 1. The number of carbonyl (C=O) groups is 3. The fraction of sp³-hybridized carbons (Fsp3) is 0.581. The van der Waals surface area contributed by atoms with Crippen LogP contribution in [-0.4, -0.2) is 68.6 Å². The second-order valence-electron chi connectivity index (χ2n) is 9.43. The number of hydroxylamine groups is 2. The molecule has 0 bridgehead atoms. The largest absolute Gasteiger partial charge is 0.385 e. The van der Waals surface area contributed by atoms with E-state index in [1.54, 1.807) is 7.11 Å².